The molecule has 0 heterocycles. The highest BCUT2D eigenvalue weighted by atomic mass is 79.9. The van der Waals surface area contributed by atoms with Gasteiger partial charge in [0.25, 0.3) is 0 Å². The third-order valence-corrected chi connectivity index (χ3v) is 8.09. The Morgan fingerprint density at radius 2 is 1.16 bits per heavy atom. The number of nitrogens with one attached hydrogen (secondary N) is 1. The topological polar surface area (TPSA) is 29.1 Å². The zero-order chi connectivity index (χ0) is 21.5. The molecule has 0 fully saturated rings. The molecule has 1 atom stereocenters. The highest BCUT2D eigenvalue weighted by molar-refractivity contribution is 9.10. The minimum absolute atomic E-state index is 0.406. The average Bonchev–Trinajstić information content (AvgIpc) is 2.84. The zero-order valence-corrected chi connectivity index (χ0v) is 19.3. The van der Waals surface area contributed by atoms with E-state index >= 15 is 0 Å². The van der Waals surface area contributed by atoms with Crippen LogP contribution in [-0.2, 0) is 4.57 Å². The number of halogens is 1. The maximum absolute atomic E-state index is 14.5. The van der Waals surface area contributed by atoms with Gasteiger partial charge in [-0.2, -0.15) is 0 Å². The van der Waals surface area contributed by atoms with E-state index in [9.17, 15) is 4.57 Å². The highest BCUT2D eigenvalue weighted by Gasteiger charge is 2.30. The van der Waals surface area contributed by atoms with Crippen molar-refractivity contribution in [3.8, 4) is 11.8 Å². The van der Waals surface area contributed by atoms with Gasteiger partial charge in [0, 0.05) is 20.6 Å². The number of hydrogen-bond donors (Lipinski definition) is 1. The third-order valence-electron chi connectivity index (χ3n) is 4.89. The Kier molecular flexibility index (Phi) is 6.85. The minimum Gasteiger partial charge on any atom is -0.296 e. The summed E-state index contributed by atoms with van der Waals surface area (Å²) in [4.78, 5) is 0. The SMILES string of the molecule is O=P(N[C@H](C#Cc1ccc(Br)cc1)c1ccccc1)(c1ccccc1)c1ccccc1. The first kappa shape index (κ1) is 21.3. The molecule has 1 N–H and O–H groups in total. The zero-order valence-electron chi connectivity index (χ0n) is 16.8. The van der Waals surface area contributed by atoms with E-state index in [1.54, 1.807) is 0 Å². The van der Waals surface area contributed by atoms with Crippen molar-refractivity contribution in [2.75, 3.05) is 0 Å². The van der Waals surface area contributed by atoms with Crippen molar-refractivity contribution in [1.82, 2.24) is 5.09 Å². The summed E-state index contributed by atoms with van der Waals surface area (Å²) in [6, 6.07) is 36.5. The van der Waals surface area contributed by atoms with Gasteiger partial charge in [0.2, 0.25) is 7.29 Å². The quantitative estimate of drug-likeness (QED) is 0.275. The van der Waals surface area contributed by atoms with Gasteiger partial charge in [-0.15, -0.1) is 0 Å². The molecule has 0 saturated carbocycles. The summed E-state index contributed by atoms with van der Waals surface area (Å²) in [5.74, 6) is 6.56. The molecule has 31 heavy (non-hydrogen) atoms. The smallest absolute Gasteiger partial charge is 0.205 e. The molecule has 0 aliphatic rings. The van der Waals surface area contributed by atoms with E-state index in [0.717, 1.165) is 26.2 Å². The molecule has 0 aromatic heterocycles. The van der Waals surface area contributed by atoms with Crippen LogP contribution >= 0.6 is 23.2 Å². The van der Waals surface area contributed by atoms with Crippen LogP contribution in [0.1, 0.15) is 17.2 Å². The first-order chi connectivity index (χ1) is 15.1. The van der Waals surface area contributed by atoms with Crippen LogP contribution in [0, 0.1) is 11.8 Å². The number of hydrogen-bond acceptors (Lipinski definition) is 1. The Morgan fingerprint density at radius 3 is 1.68 bits per heavy atom. The van der Waals surface area contributed by atoms with Gasteiger partial charge >= 0.3 is 0 Å². The maximum Gasteiger partial charge on any atom is 0.205 e. The van der Waals surface area contributed by atoms with Crippen molar-refractivity contribution in [2.24, 2.45) is 0 Å². The monoisotopic (exact) mass is 485 g/mol. The molecule has 0 amide bonds. The van der Waals surface area contributed by atoms with Crippen LogP contribution in [0.3, 0.4) is 0 Å². The second kappa shape index (κ2) is 9.94. The van der Waals surface area contributed by atoms with E-state index in [2.05, 4.69) is 32.9 Å². The molecule has 0 spiro atoms. The van der Waals surface area contributed by atoms with Crippen LogP contribution in [-0.4, -0.2) is 0 Å². The van der Waals surface area contributed by atoms with Crippen molar-refractivity contribution in [2.45, 2.75) is 6.04 Å². The molecule has 2 nitrogen and oxygen atoms in total. The first-order valence-electron chi connectivity index (χ1n) is 9.96. The molecule has 0 unspecified atom stereocenters. The lowest BCUT2D eigenvalue weighted by Gasteiger charge is -2.24. The standard InChI is InChI=1S/C27H21BrNOP/c28-24-19-16-22(17-20-24)18-21-27(23-10-4-1-5-11-23)29-31(30,25-12-6-2-7-13-25)26-14-8-3-9-15-26/h1-17,19-20,27H,(H,29,30)/t27-/m1/s1. The molecule has 4 heteroatoms. The van der Waals surface area contributed by atoms with Gasteiger partial charge in [0.1, 0.15) is 6.04 Å². The summed E-state index contributed by atoms with van der Waals surface area (Å²) in [6.07, 6.45) is 0. The predicted molar refractivity (Wildman–Crippen MR) is 133 cm³/mol. The molecule has 4 aromatic carbocycles. The normalized spacial score (nSPS) is 11.9. The summed E-state index contributed by atoms with van der Waals surface area (Å²) in [5.41, 5.74) is 1.87. The molecule has 4 aromatic rings. The van der Waals surface area contributed by atoms with Crippen molar-refractivity contribution >= 4 is 33.8 Å². The number of benzene rings is 4. The summed E-state index contributed by atoms with van der Waals surface area (Å²) in [5, 5.41) is 4.95. The van der Waals surface area contributed by atoms with Gasteiger partial charge in [-0.1, -0.05) is 94.5 Å². The Bertz CT molecular complexity index is 1190. The van der Waals surface area contributed by atoms with E-state index in [1.807, 2.05) is 115 Å². The van der Waals surface area contributed by atoms with Crippen LogP contribution < -0.4 is 15.7 Å². The molecule has 152 valence electrons. The van der Waals surface area contributed by atoms with Gasteiger partial charge in [-0.25, -0.2) is 5.09 Å². The summed E-state index contributed by atoms with van der Waals surface area (Å²) >= 11 is 3.46. The van der Waals surface area contributed by atoms with Crippen molar-refractivity contribution < 1.29 is 4.57 Å². The fraction of sp³-hybridized carbons (Fsp3) is 0.0370. The number of rotatable bonds is 5. The van der Waals surface area contributed by atoms with Gasteiger partial charge in [-0.05, 0) is 54.1 Å². The second-order valence-corrected chi connectivity index (χ2v) is 10.5. The van der Waals surface area contributed by atoms with Gasteiger partial charge in [0.05, 0.1) is 0 Å². The average molecular weight is 486 g/mol. The van der Waals surface area contributed by atoms with Crippen LogP contribution in [0.4, 0.5) is 0 Å². The molecule has 0 bridgehead atoms. The lowest BCUT2D eigenvalue weighted by atomic mass is 10.1. The molecule has 0 radical (unpaired) electrons. The molecule has 4 rings (SSSR count). The van der Waals surface area contributed by atoms with E-state index in [1.165, 1.54) is 0 Å². The fourth-order valence-electron chi connectivity index (χ4n) is 3.28. The summed E-state index contributed by atoms with van der Waals surface area (Å²) in [6.45, 7) is 0. The maximum atomic E-state index is 14.5. The van der Waals surface area contributed by atoms with E-state index in [0.29, 0.717) is 0 Å². The third kappa shape index (κ3) is 5.24. The van der Waals surface area contributed by atoms with E-state index in [-0.39, 0.29) is 0 Å². The Labute approximate surface area is 191 Å². The van der Waals surface area contributed by atoms with Gasteiger partial charge in [0.15, 0.2) is 0 Å². The lowest BCUT2D eigenvalue weighted by Crippen LogP contribution is -2.30. The summed E-state index contributed by atoms with van der Waals surface area (Å²) in [7, 11) is -3.13. The highest BCUT2D eigenvalue weighted by Crippen LogP contribution is 2.41. The Morgan fingerprint density at radius 1 is 0.677 bits per heavy atom. The van der Waals surface area contributed by atoms with Crippen LogP contribution in [0.2, 0.25) is 0 Å². The minimum atomic E-state index is -3.13. The van der Waals surface area contributed by atoms with Crippen molar-refractivity contribution in [3.05, 3.63) is 131 Å². The molecule has 0 aliphatic heterocycles. The first-order valence-corrected chi connectivity index (χ1v) is 12.5. The van der Waals surface area contributed by atoms with E-state index < -0.39 is 13.3 Å². The Balaban J connectivity index is 1.79. The van der Waals surface area contributed by atoms with Crippen LogP contribution in [0.15, 0.2) is 120 Å². The molecule has 0 aliphatic carbocycles. The van der Waals surface area contributed by atoms with Gasteiger partial charge in [-0.3, -0.25) is 4.57 Å². The molecular formula is C27H21BrNOP. The van der Waals surface area contributed by atoms with Gasteiger partial charge < -0.3 is 0 Å². The van der Waals surface area contributed by atoms with Crippen molar-refractivity contribution in [1.29, 1.82) is 0 Å². The molecule has 0 saturated heterocycles. The fourth-order valence-corrected chi connectivity index (χ4v) is 5.90. The van der Waals surface area contributed by atoms with Crippen LogP contribution in [0.5, 0.6) is 0 Å². The predicted octanol–water partition coefficient (Wildman–Crippen LogP) is 6.06. The summed E-state index contributed by atoms with van der Waals surface area (Å²) < 4.78 is 15.5. The molecular weight excluding hydrogens is 465 g/mol. The largest absolute Gasteiger partial charge is 0.296 e. The van der Waals surface area contributed by atoms with E-state index in [4.69, 9.17) is 0 Å². The van der Waals surface area contributed by atoms with Crippen molar-refractivity contribution in [3.63, 3.8) is 0 Å². The lowest BCUT2D eigenvalue weighted by molar-refractivity contribution is 0.574. The second-order valence-electron chi connectivity index (χ2n) is 7.03. The van der Waals surface area contributed by atoms with Crippen LogP contribution in [0.25, 0.3) is 0 Å². The Hall–Kier alpha value is -2.89.